The van der Waals surface area contributed by atoms with Gasteiger partial charge >= 0.3 is 0 Å². The normalized spacial score (nSPS) is 14.3. The number of carbonyl (C=O) groups is 1. The topological polar surface area (TPSA) is 29.5 Å². The van der Waals surface area contributed by atoms with Gasteiger partial charge in [0.15, 0.2) is 5.78 Å². The van der Waals surface area contributed by atoms with Crippen LogP contribution in [0.3, 0.4) is 0 Å². The summed E-state index contributed by atoms with van der Waals surface area (Å²) >= 11 is 0. The number of hydrogen-bond donors (Lipinski definition) is 0. The molecule has 0 bridgehead atoms. The monoisotopic (exact) mass is 467 g/mol. The molecule has 0 radical (unpaired) electrons. The molecule has 0 N–H and O–H groups in total. The smallest absolute Gasteiger partial charge is 0.162 e. The van der Waals surface area contributed by atoms with Crippen LogP contribution in [0.15, 0.2) is 78.9 Å². The molecule has 0 fully saturated rings. The second kappa shape index (κ2) is 11.0. The minimum absolute atomic E-state index is 0.105. The van der Waals surface area contributed by atoms with E-state index in [1.165, 1.54) is 22.3 Å². The Bertz CT molecular complexity index is 1140. The summed E-state index contributed by atoms with van der Waals surface area (Å²) in [6.07, 6.45) is 4.73. The van der Waals surface area contributed by atoms with E-state index in [-0.39, 0.29) is 11.2 Å². The van der Waals surface area contributed by atoms with Gasteiger partial charge in [-0.1, -0.05) is 93.6 Å². The zero-order valence-electron chi connectivity index (χ0n) is 21.5. The van der Waals surface area contributed by atoms with Crippen LogP contribution in [0.25, 0.3) is 5.57 Å². The number of Topliss-reactive ketones (excluding diaryl/α,β-unsaturated/α-hetero) is 1. The quantitative estimate of drug-likeness (QED) is 0.326. The summed E-state index contributed by atoms with van der Waals surface area (Å²) in [6, 6.07) is 24.9. The highest BCUT2D eigenvalue weighted by molar-refractivity contribution is 5.96. The SMILES string of the molecule is CN(CC/C=C1/c2ccccc2COc2ccccc21)CCCC(=O)c1ccc(C(C)(C)C)cc1. The molecular weight excluding hydrogens is 430 g/mol. The fraction of sp³-hybridized carbons (Fsp3) is 0.344. The molecule has 3 nitrogen and oxygen atoms in total. The number of para-hydroxylation sites is 1. The van der Waals surface area contributed by atoms with E-state index in [0.717, 1.165) is 42.8 Å². The molecule has 1 aliphatic rings. The van der Waals surface area contributed by atoms with Gasteiger partial charge in [0, 0.05) is 24.1 Å². The first kappa shape index (κ1) is 24.9. The van der Waals surface area contributed by atoms with E-state index in [1.807, 2.05) is 18.2 Å². The fourth-order valence-corrected chi connectivity index (χ4v) is 4.60. The van der Waals surface area contributed by atoms with E-state index in [2.05, 4.69) is 93.4 Å². The summed E-state index contributed by atoms with van der Waals surface area (Å²) in [5.74, 6) is 1.17. The van der Waals surface area contributed by atoms with Crippen molar-refractivity contribution in [1.29, 1.82) is 0 Å². The molecule has 0 atom stereocenters. The lowest BCUT2D eigenvalue weighted by Gasteiger charge is -2.19. The average Bonchev–Trinajstić information content (AvgIpc) is 3.01. The van der Waals surface area contributed by atoms with Gasteiger partial charge in [-0.05, 0) is 60.2 Å². The second-order valence-corrected chi connectivity index (χ2v) is 10.5. The molecule has 3 heteroatoms. The molecule has 0 saturated heterocycles. The van der Waals surface area contributed by atoms with Crippen LogP contribution in [0.4, 0.5) is 0 Å². The van der Waals surface area contributed by atoms with Gasteiger partial charge in [0.2, 0.25) is 0 Å². The van der Waals surface area contributed by atoms with Gasteiger partial charge in [-0.2, -0.15) is 0 Å². The van der Waals surface area contributed by atoms with Crippen molar-refractivity contribution in [1.82, 2.24) is 4.90 Å². The van der Waals surface area contributed by atoms with Gasteiger partial charge < -0.3 is 9.64 Å². The number of nitrogens with zero attached hydrogens (tertiary/aromatic N) is 1. The molecule has 4 rings (SSSR count). The van der Waals surface area contributed by atoms with Crippen molar-refractivity contribution in [3.05, 3.63) is 107 Å². The van der Waals surface area contributed by atoms with E-state index < -0.39 is 0 Å². The molecule has 3 aromatic rings. The van der Waals surface area contributed by atoms with E-state index >= 15 is 0 Å². The first-order valence-corrected chi connectivity index (χ1v) is 12.7. The van der Waals surface area contributed by atoms with Crippen LogP contribution in [0.1, 0.15) is 72.6 Å². The van der Waals surface area contributed by atoms with Gasteiger partial charge in [0.05, 0.1) is 0 Å². The van der Waals surface area contributed by atoms with Crippen LogP contribution < -0.4 is 4.74 Å². The molecule has 0 spiro atoms. The number of carbonyl (C=O) groups excluding carboxylic acids is 1. The molecule has 1 aliphatic heterocycles. The van der Waals surface area contributed by atoms with Crippen molar-refractivity contribution in [2.24, 2.45) is 0 Å². The summed E-state index contributed by atoms with van der Waals surface area (Å²) in [6.45, 7) is 9.02. The highest BCUT2D eigenvalue weighted by Gasteiger charge is 2.18. The predicted molar refractivity (Wildman–Crippen MR) is 145 cm³/mol. The van der Waals surface area contributed by atoms with Crippen LogP contribution in [0.5, 0.6) is 5.75 Å². The van der Waals surface area contributed by atoms with E-state index in [1.54, 1.807) is 0 Å². The average molecular weight is 468 g/mol. The Kier molecular flexibility index (Phi) is 7.87. The molecular formula is C32H37NO2. The lowest BCUT2D eigenvalue weighted by molar-refractivity contribution is 0.0976. The summed E-state index contributed by atoms with van der Waals surface area (Å²) in [5, 5.41) is 0. The molecule has 3 aromatic carbocycles. The standard InChI is InChI=1S/C32H37NO2/c1-32(2,3)26-19-17-24(18-20-26)30(34)15-10-22-33(4)21-9-14-28-27-12-6-5-11-25(27)23-35-31-16-8-7-13-29(28)31/h5-8,11-14,16-20H,9-10,15,21-23H2,1-4H3/b28-14-. The number of rotatable bonds is 8. The number of fused-ring (bicyclic) bond motifs is 2. The molecule has 0 saturated carbocycles. The van der Waals surface area contributed by atoms with Crippen molar-refractivity contribution in [3.8, 4) is 5.75 Å². The third-order valence-electron chi connectivity index (χ3n) is 6.74. The summed E-state index contributed by atoms with van der Waals surface area (Å²) in [7, 11) is 2.14. The zero-order chi connectivity index (χ0) is 24.8. The second-order valence-electron chi connectivity index (χ2n) is 10.5. The highest BCUT2D eigenvalue weighted by Crippen LogP contribution is 2.36. The maximum atomic E-state index is 12.6. The minimum atomic E-state index is 0.105. The van der Waals surface area contributed by atoms with Gasteiger partial charge in [-0.3, -0.25) is 4.79 Å². The Balaban J connectivity index is 1.32. The molecule has 0 unspecified atom stereocenters. The van der Waals surface area contributed by atoms with Crippen LogP contribution >= 0.6 is 0 Å². The summed E-state index contributed by atoms with van der Waals surface area (Å²) < 4.78 is 6.08. The summed E-state index contributed by atoms with van der Waals surface area (Å²) in [5.41, 5.74) is 7.06. The molecule has 0 amide bonds. The lowest BCUT2D eigenvalue weighted by atomic mass is 9.86. The Hall–Kier alpha value is -3.17. The van der Waals surface area contributed by atoms with E-state index in [0.29, 0.717) is 13.0 Å². The third kappa shape index (κ3) is 6.29. The number of ketones is 1. The number of hydrogen-bond acceptors (Lipinski definition) is 3. The number of ether oxygens (including phenoxy) is 1. The molecule has 0 aromatic heterocycles. The Morgan fingerprint density at radius 1 is 0.914 bits per heavy atom. The van der Waals surface area contributed by atoms with E-state index in [9.17, 15) is 4.79 Å². The summed E-state index contributed by atoms with van der Waals surface area (Å²) in [4.78, 5) is 15.0. The van der Waals surface area contributed by atoms with Crippen LogP contribution in [-0.2, 0) is 12.0 Å². The first-order chi connectivity index (χ1) is 16.8. The molecule has 182 valence electrons. The maximum absolute atomic E-state index is 12.6. The largest absolute Gasteiger partial charge is 0.488 e. The van der Waals surface area contributed by atoms with Crippen molar-refractivity contribution in [2.45, 2.75) is 52.1 Å². The third-order valence-corrected chi connectivity index (χ3v) is 6.74. The van der Waals surface area contributed by atoms with Gasteiger partial charge in [-0.25, -0.2) is 0 Å². The van der Waals surface area contributed by atoms with Crippen molar-refractivity contribution >= 4 is 11.4 Å². The lowest BCUT2D eigenvalue weighted by Crippen LogP contribution is -2.21. The van der Waals surface area contributed by atoms with Gasteiger partial charge in [0.25, 0.3) is 0 Å². The Labute approximate surface area is 210 Å². The van der Waals surface area contributed by atoms with Crippen LogP contribution in [0, 0.1) is 0 Å². The molecule has 35 heavy (non-hydrogen) atoms. The minimum Gasteiger partial charge on any atom is -0.488 e. The Morgan fingerprint density at radius 3 is 2.34 bits per heavy atom. The fourth-order valence-electron chi connectivity index (χ4n) is 4.60. The van der Waals surface area contributed by atoms with Crippen LogP contribution in [0.2, 0.25) is 0 Å². The van der Waals surface area contributed by atoms with Crippen molar-refractivity contribution in [2.75, 3.05) is 20.1 Å². The van der Waals surface area contributed by atoms with Gasteiger partial charge in [-0.15, -0.1) is 0 Å². The van der Waals surface area contributed by atoms with Crippen LogP contribution in [-0.4, -0.2) is 30.8 Å². The zero-order valence-corrected chi connectivity index (χ0v) is 21.5. The molecule has 1 heterocycles. The van der Waals surface area contributed by atoms with E-state index in [4.69, 9.17) is 4.74 Å². The first-order valence-electron chi connectivity index (χ1n) is 12.7. The highest BCUT2D eigenvalue weighted by atomic mass is 16.5. The number of benzene rings is 3. The Morgan fingerprint density at radius 2 is 1.60 bits per heavy atom. The van der Waals surface area contributed by atoms with Crippen molar-refractivity contribution in [3.63, 3.8) is 0 Å². The molecule has 0 aliphatic carbocycles. The van der Waals surface area contributed by atoms with Gasteiger partial charge in [0.1, 0.15) is 12.4 Å². The maximum Gasteiger partial charge on any atom is 0.162 e. The van der Waals surface area contributed by atoms with Crippen molar-refractivity contribution < 1.29 is 9.53 Å². The predicted octanol–water partition coefficient (Wildman–Crippen LogP) is 7.29.